The number of hydrogen-bond acceptors (Lipinski definition) is 7. The summed E-state index contributed by atoms with van der Waals surface area (Å²) >= 11 is 7.02. The maximum absolute atomic E-state index is 14.8. The maximum Gasteiger partial charge on any atom is 0.431 e. The van der Waals surface area contributed by atoms with Gasteiger partial charge in [0.15, 0.2) is 5.17 Å². The van der Waals surface area contributed by atoms with Gasteiger partial charge < -0.3 is 4.74 Å². The Hall–Kier alpha value is -3.39. The molecule has 2 heterocycles. The van der Waals surface area contributed by atoms with Crippen molar-refractivity contribution in [3.63, 3.8) is 0 Å². The molecular weight excluding hydrogens is 544 g/mol. The highest BCUT2D eigenvalue weighted by Gasteiger charge is 2.37. The summed E-state index contributed by atoms with van der Waals surface area (Å²) in [6, 6.07) is 1.77. The summed E-state index contributed by atoms with van der Waals surface area (Å²) in [4.78, 5) is 55.5. The molecule has 1 saturated heterocycles. The van der Waals surface area contributed by atoms with Crippen molar-refractivity contribution < 1.29 is 31.9 Å². The highest BCUT2D eigenvalue weighted by Crippen LogP contribution is 2.37. The van der Waals surface area contributed by atoms with Crippen molar-refractivity contribution in [1.82, 2.24) is 14.0 Å². The Kier molecular flexibility index (Phi) is 8.03. The van der Waals surface area contributed by atoms with E-state index in [1.807, 2.05) is 0 Å². The second-order valence-corrected chi connectivity index (χ2v) is 9.20. The zero-order valence-electron chi connectivity index (χ0n) is 19.8. The molecule has 0 bridgehead atoms. The van der Waals surface area contributed by atoms with Gasteiger partial charge in [0.25, 0.3) is 11.5 Å². The highest BCUT2D eigenvalue weighted by atomic mass is 35.5. The van der Waals surface area contributed by atoms with Crippen LogP contribution in [-0.4, -0.2) is 44.2 Å². The molecule has 0 aliphatic carbocycles. The van der Waals surface area contributed by atoms with Gasteiger partial charge in [-0.15, -0.1) is 0 Å². The average molecular weight is 563 g/mol. The third-order valence-electron chi connectivity index (χ3n) is 4.99. The Morgan fingerprint density at radius 1 is 1.16 bits per heavy atom. The minimum absolute atomic E-state index is 0.0265. The number of ether oxygens (including phenoxy) is 1. The number of benzene rings is 1. The van der Waals surface area contributed by atoms with Crippen LogP contribution in [-0.2, 0) is 27.5 Å². The molecule has 37 heavy (non-hydrogen) atoms. The van der Waals surface area contributed by atoms with E-state index in [-0.39, 0.29) is 42.6 Å². The fourth-order valence-corrected chi connectivity index (χ4v) is 4.46. The predicted molar refractivity (Wildman–Crippen MR) is 129 cm³/mol. The number of aromatic nitrogens is 2. The Morgan fingerprint density at radius 2 is 1.81 bits per heavy atom. The molecule has 1 aromatic carbocycles. The van der Waals surface area contributed by atoms with E-state index in [2.05, 4.69) is 4.99 Å². The van der Waals surface area contributed by atoms with E-state index in [1.165, 1.54) is 0 Å². The predicted octanol–water partition coefficient (Wildman–Crippen LogP) is 3.77. The molecule has 2 aromatic rings. The Labute approximate surface area is 216 Å². The van der Waals surface area contributed by atoms with Crippen molar-refractivity contribution in [2.45, 2.75) is 26.9 Å². The fraction of sp³-hybridized carbons (Fsp3) is 0.318. The number of halogens is 5. The van der Waals surface area contributed by atoms with Crippen LogP contribution in [0.15, 0.2) is 43.3 Å². The van der Waals surface area contributed by atoms with Gasteiger partial charge in [-0.05, 0) is 44.7 Å². The first-order valence-electron chi connectivity index (χ1n) is 10.5. The van der Waals surface area contributed by atoms with Gasteiger partial charge in [-0.25, -0.2) is 18.7 Å². The quantitative estimate of drug-likeness (QED) is 0.312. The van der Waals surface area contributed by atoms with Crippen LogP contribution in [0.1, 0.15) is 26.5 Å². The number of thioether (sulfide) groups is 1. The molecule has 1 fully saturated rings. The molecule has 0 unspecified atom stereocenters. The van der Waals surface area contributed by atoms with Gasteiger partial charge >= 0.3 is 17.8 Å². The van der Waals surface area contributed by atoms with E-state index in [0.717, 1.165) is 35.8 Å². The first-order chi connectivity index (χ1) is 17.2. The molecule has 0 saturated carbocycles. The lowest BCUT2D eigenvalue weighted by molar-refractivity contribution is -0.145. The molecule has 15 heteroatoms. The van der Waals surface area contributed by atoms with Gasteiger partial charge in [0.1, 0.15) is 18.1 Å². The molecule has 1 aliphatic rings. The summed E-state index contributed by atoms with van der Waals surface area (Å²) in [7, 11) is 0.783. The summed E-state index contributed by atoms with van der Waals surface area (Å²) < 4.78 is 59.6. The molecule has 0 radical (unpaired) electrons. The van der Waals surface area contributed by atoms with Crippen molar-refractivity contribution >= 4 is 46.1 Å². The summed E-state index contributed by atoms with van der Waals surface area (Å²) in [6.07, 6.45) is -5.00. The number of alkyl halides is 3. The Bertz CT molecular complexity index is 1480. The molecule has 3 rings (SSSR count). The fourth-order valence-electron chi connectivity index (χ4n) is 3.28. The number of rotatable bonds is 5. The molecule has 1 amide bonds. The maximum atomic E-state index is 14.8. The van der Waals surface area contributed by atoms with E-state index in [0.29, 0.717) is 5.57 Å². The number of carbonyl (C=O) groups is 2. The van der Waals surface area contributed by atoms with E-state index < -0.39 is 53.0 Å². The first kappa shape index (κ1) is 28.2. The van der Waals surface area contributed by atoms with Gasteiger partial charge in [0, 0.05) is 13.1 Å². The lowest BCUT2D eigenvalue weighted by Crippen LogP contribution is -2.41. The summed E-state index contributed by atoms with van der Waals surface area (Å²) in [6.45, 7) is 4.51. The van der Waals surface area contributed by atoms with Crippen molar-refractivity contribution in [2.75, 3.05) is 13.2 Å². The Morgan fingerprint density at radius 3 is 2.38 bits per heavy atom. The molecule has 1 aliphatic heterocycles. The molecule has 9 nitrogen and oxygen atoms in total. The van der Waals surface area contributed by atoms with Gasteiger partial charge in [0.05, 0.1) is 27.9 Å². The minimum Gasteiger partial charge on any atom is -0.465 e. The molecule has 0 atom stereocenters. The summed E-state index contributed by atoms with van der Waals surface area (Å²) in [5, 5.41) is -0.318. The normalized spacial score (nSPS) is 15.1. The number of allylic oxidation sites excluding steroid dienone is 1. The number of nitrogens with zero attached hydrogens (tertiary/aromatic N) is 4. The van der Waals surface area contributed by atoms with Crippen molar-refractivity contribution in [3.05, 3.63) is 66.0 Å². The third kappa shape index (κ3) is 5.64. The van der Waals surface area contributed by atoms with Crippen LogP contribution in [0.2, 0.25) is 5.02 Å². The van der Waals surface area contributed by atoms with Crippen LogP contribution in [0.3, 0.4) is 0 Å². The Balaban J connectivity index is 2.19. The zero-order chi connectivity index (χ0) is 27.8. The number of esters is 1. The average Bonchev–Trinajstić information content (AvgIpc) is 3.08. The first-order valence-corrected chi connectivity index (χ1v) is 11.7. The van der Waals surface area contributed by atoms with Crippen LogP contribution in [0, 0.1) is 5.82 Å². The van der Waals surface area contributed by atoms with Crippen LogP contribution < -0.4 is 11.2 Å². The smallest absolute Gasteiger partial charge is 0.431 e. The monoisotopic (exact) mass is 562 g/mol. The number of hydrogen-bond donors (Lipinski definition) is 0. The number of amidine groups is 1. The van der Waals surface area contributed by atoms with Gasteiger partial charge in [-0.3, -0.25) is 23.9 Å². The standard InChI is InChI=1S/C22H19ClF4N4O5S/c1-5-36-17(33)9-30-19(34)18(10(2)3)37-20(30)28-13-7-14(12(24)6-11(13)23)31-16(32)8-15(22(25,26)27)29(4)21(31)35/h6-8H,5,9H2,1-4H3. The van der Waals surface area contributed by atoms with E-state index in [4.69, 9.17) is 16.3 Å². The molecular formula is C22H19ClF4N4O5S. The van der Waals surface area contributed by atoms with Crippen LogP contribution in [0.4, 0.5) is 23.2 Å². The van der Waals surface area contributed by atoms with Crippen LogP contribution >= 0.6 is 23.4 Å². The van der Waals surface area contributed by atoms with E-state index in [9.17, 15) is 36.7 Å². The van der Waals surface area contributed by atoms with Gasteiger partial charge in [-0.1, -0.05) is 17.2 Å². The molecule has 198 valence electrons. The molecule has 1 aromatic heterocycles. The largest absolute Gasteiger partial charge is 0.465 e. The van der Waals surface area contributed by atoms with E-state index >= 15 is 0 Å². The second kappa shape index (κ2) is 10.5. The summed E-state index contributed by atoms with van der Waals surface area (Å²) in [5.74, 6) is -2.44. The van der Waals surface area contributed by atoms with Crippen LogP contribution in [0.5, 0.6) is 0 Å². The summed E-state index contributed by atoms with van der Waals surface area (Å²) in [5.41, 5.74) is -4.71. The molecule has 0 spiro atoms. The third-order valence-corrected chi connectivity index (χ3v) is 6.58. The lowest BCUT2D eigenvalue weighted by Gasteiger charge is -2.16. The van der Waals surface area contributed by atoms with E-state index in [1.54, 1.807) is 20.8 Å². The SMILES string of the molecule is CCOC(=O)CN1C(=O)C(=C(C)C)SC1=Nc1cc(-n2c(=O)cc(C(F)(F)F)n(C)c2=O)c(F)cc1Cl. The number of carbonyl (C=O) groups excluding carboxylic acids is 2. The van der Waals surface area contributed by atoms with Crippen molar-refractivity contribution in [1.29, 1.82) is 0 Å². The van der Waals surface area contributed by atoms with Crippen molar-refractivity contribution in [2.24, 2.45) is 12.0 Å². The zero-order valence-corrected chi connectivity index (χ0v) is 21.3. The number of aliphatic imine (C=N–C) groups is 1. The number of amides is 1. The van der Waals surface area contributed by atoms with Gasteiger partial charge in [0.2, 0.25) is 0 Å². The van der Waals surface area contributed by atoms with Gasteiger partial charge in [-0.2, -0.15) is 13.2 Å². The topological polar surface area (TPSA) is 103 Å². The second-order valence-electron chi connectivity index (χ2n) is 7.82. The highest BCUT2D eigenvalue weighted by molar-refractivity contribution is 8.18. The lowest BCUT2D eigenvalue weighted by atomic mass is 10.2. The van der Waals surface area contributed by atoms with Crippen LogP contribution in [0.25, 0.3) is 5.69 Å². The molecule has 0 N–H and O–H groups in total. The minimum atomic E-state index is -5.00. The van der Waals surface area contributed by atoms with Crippen molar-refractivity contribution in [3.8, 4) is 5.69 Å².